The van der Waals surface area contributed by atoms with Gasteiger partial charge < -0.3 is 15.5 Å². The Morgan fingerprint density at radius 2 is 1.92 bits per heavy atom. The highest BCUT2D eigenvalue weighted by Crippen LogP contribution is 2.43. The van der Waals surface area contributed by atoms with E-state index in [2.05, 4.69) is 16.1 Å². The Morgan fingerprint density at radius 1 is 1.22 bits per heavy atom. The van der Waals surface area contributed by atoms with Crippen molar-refractivity contribution in [3.8, 4) is 0 Å². The SMILES string of the molecule is CCC(=O)N[C@H](C(=O)N1C[C@@H]2CCC[C@@H]2[C@H]1C(=O)NN(C[C@@H]1CCNC1=O)C(=O)[C@H](F)Cl)C(C)(C)C. The number of amides is 5. The van der Waals surface area contributed by atoms with Crippen LogP contribution in [0.25, 0.3) is 0 Å². The van der Waals surface area contributed by atoms with E-state index in [9.17, 15) is 28.4 Å². The molecule has 6 atom stereocenters. The van der Waals surface area contributed by atoms with Gasteiger partial charge in [-0.15, -0.1) is 0 Å². The third-order valence-corrected chi connectivity index (χ3v) is 7.63. The summed E-state index contributed by atoms with van der Waals surface area (Å²) in [6, 6.07) is -1.74. The van der Waals surface area contributed by atoms with Crippen LogP contribution in [-0.4, -0.2) is 76.8 Å². The zero-order chi connectivity index (χ0) is 26.8. The lowest BCUT2D eigenvalue weighted by molar-refractivity contribution is -0.150. The quantitative estimate of drug-likeness (QED) is 0.336. The summed E-state index contributed by atoms with van der Waals surface area (Å²) >= 11 is 5.40. The van der Waals surface area contributed by atoms with Crippen molar-refractivity contribution in [1.29, 1.82) is 0 Å². The van der Waals surface area contributed by atoms with Gasteiger partial charge in [0, 0.05) is 19.5 Å². The Balaban J connectivity index is 1.85. The van der Waals surface area contributed by atoms with E-state index in [-0.39, 0.29) is 42.5 Å². The van der Waals surface area contributed by atoms with Gasteiger partial charge in [-0.2, -0.15) is 0 Å². The molecule has 0 unspecified atom stereocenters. The zero-order valence-electron chi connectivity index (χ0n) is 21.3. The summed E-state index contributed by atoms with van der Waals surface area (Å²) < 4.78 is 13.8. The molecule has 2 saturated heterocycles. The van der Waals surface area contributed by atoms with Crippen LogP contribution in [-0.2, 0) is 24.0 Å². The Bertz CT molecular complexity index is 895. The molecule has 2 heterocycles. The van der Waals surface area contributed by atoms with Crippen molar-refractivity contribution >= 4 is 41.1 Å². The van der Waals surface area contributed by atoms with Crippen molar-refractivity contribution in [2.24, 2.45) is 23.2 Å². The van der Waals surface area contributed by atoms with Crippen LogP contribution >= 0.6 is 11.6 Å². The second-order valence-electron chi connectivity index (χ2n) is 11.0. The van der Waals surface area contributed by atoms with Gasteiger partial charge in [-0.1, -0.05) is 45.7 Å². The minimum Gasteiger partial charge on any atom is -0.356 e. The highest BCUT2D eigenvalue weighted by Gasteiger charge is 2.52. The van der Waals surface area contributed by atoms with E-state index in [1.807, 2.05) is 20.8 Å². The van der Waals surface area contributed by atoms with Gasteiger partial charge in [-0.05, 0) is 36.5 Å². The van der Waals surface area contributed by atoms with Crippen LogP contribution in [0, 0.1) is 23.2 Å². The first-order valence-corrected chi connectivity index (χ1v) is 13.1. The third kappa shape index (κ3) is 6.10. The van der Waals surface area contributed by atoms with E-state index in [0.717, 1.165) is 24.3 Å². The molecule has 0 aromatic rings. The summed E-state index contributed by atoms with van der Waals surface area (Å²) in [4.78, 5) is 65.5. The molecule has 0 radical (unpaired) electrons. The Hall–Kier alpha value is -2.43. The first kappa shape index (κ1) is 28.1. The van der Waals surface area contributed by atoms with Crippen molar-refractivity contribution in [3.05, 3.63) is 0 Å². The van der Waals surface area contributed by atoms with Crippen molar-refractivity contribution in [3.63, 3.8) is 0 Å². The van der Waals surface area contributed by atoms with Crippen LogP contribution in [0.4, 0.5) is 4.39 Å². The first-order valence-electron chi connectivity index (χ1n) is 12.6. The molecule has 0 spiro atoms. The molecule has 202 valence electrons. The summed E-state index contributed by atoms with van der Waals surface area (Å²) in [7, 11) is 0. The molecular formula is C24H37ClFN5O5. The maximum absolute atomic E-state index is 13.8. The number of carbonyl (C=O) groups excluding carboxylic acids is 5. The van der Waals surface area contributed by atoms with E-state index >= 15 is 0 Å². The molecule has 0 bridgehead atoms. The van der Waals surface area contributed by atoms with Crippen LogP contribution in [0.2, 0.25) is 0 Å². The van der Waals surface area contributed by atoms with E-state index < -0.39 is 40.9 Å². The number of hydrogen-bond donors (Lipinski definition) is 3. The number of hydrogen-bond acceptors (Lipinski definition) is 5. The first-order chi connectivity index (χ1) is 16.8. The van der Waals surface area contributed by atoms with Gasteiger partial charge in [-0.25, -0.2) is 9.40 Å². The molecule has 1 aliphatic carbocycles. The molecule has 2 aliphatic heterocycles. The van der Waals surface area contributed by atoms with E-state index in [1.165, 1.54) is 4.90 Å². The monoisotopic (exact) mass is 529 g/mol. The van der Waals surface area contributed by atoms with Gasteiger partial charge >= 0.3 is 0 Å². The van der Waals surface area contributed by atoms with Gasteiger partial charge in [0.15, 0.2) is 0 Å². The predicted molar refractivity (Wildman–Crippen MR) is 130 cm³/mol. The smallest absolute Gasteiger partial charge is 0.291 e. The number of carbonyl (C=O) groups is 5. The standard InChI is InChI=1S/C24H37ClFN5O5/c1-5-16(32)28-18(24(2,3)4)22(35)30-11-13-7-6-8-15(13)17(30)21(34)29-31(23(36)19(25)26)12-14-9-10-27-20(14)33/h13-15,17-19H,5-12H2,1-4H3,(H,27,33)(H,28,32)(H,29,34)/t13-,14-,15-,17-,18+,19-/m0/s1. The lowest BCUT2D eigenvalue weighted by atomic mass is 9.85. The molecular weight excluding hydrogens is 493 g/mol. The average Bonchev–Trinajstić information content (AvgIpc) is 3.51. The average molecular weight is 530 g/mol. The third-order valence-electron chi connectivity index (χ3n) is 7.45. The number of alkyl halides is 2. The number of nitrogens with zero attached hydrogens (tertiary/aromatic N) is 2. The van der Waals surface area contributed by atoms with Gasteiger partial charge in [-0.3, -0.25) is 29.4 Å². The molecule has 3 N–H and O–H groups in total. The Kier molecular flexibility index (Phi) is 8.84. The summed E-state index contributed by atoms with van der Waals surface area (Å²) in [6.45, 7) is 7.77. The number of fused-ring (bicyclic) bond motifs is 1. The van der Waals surface area contributed by atoms with Crippen molar-refractivity contribution in [2.75, 3.05) is 19.6 Å². The number of likely N-dealkylation sites (tertiary alicyclic amines) is 1. The van der Waals surface area contributed by atoms with E-state index in [1.54, 1.807) is 6.92 Å². The molecule has 3 fully saturated rings. The van der Waals surface area contributed by atoms with Gasteiger partial charge in [0.1, 0.15) is 12.1 Å². The molecule has 0 aromatic heterocycles. The molecule has 36 heavy (non-hydrogen) atoms. The normalized spacial score (nSPS) is 27.2. The molecule has 10 nitrogen and oxygen atoms in total. The fourth-order valence-corrected chi connectivity index (χ4v) is 5.61. The zero-order valence-corrected chi connectivity index (χ0v) is 22.1. The van der Waals surface area contributed by atoms with Crippen LogP contribution in [0.5, 0.6) is 0 Å². The van der Waals surface area contributed by atoms with Crippen LogP contribution in [0.3, 0.4) is 0 Å². The van der Waals surface area contributed by atoms with Crippen molar-refractivity contribution < 1.29 is 28.4 Å². The van der Waals surface area contributed by atoms with E-state index in [0.29, 0.717) is 19.5 Å². The molecule has 1 saturated carbocycles. The topological polar surface area (TPSA) is 128 Å². The lowest BCUT2D eigenvalue weighted by Gasteiger charge is -2.37. The number of halogens is 2. The lowest BCUT2D eigenvalue weighted by Crippen LogP contribution is -2.61. The minimum atomic E-state index is -2.40. The number of rotatable bonds is 7. The molecule has 3 aliphatic rings. The molecule has 0 aromatic carbocycles. The number of nitrogens with one attached hydrogen (secondary N) is 3. The van der Waals surface area contributed by atoms with Gasteiger partial charge in [0.05, 0.1) is 12.5 Å². The predicted octanol–water partition coefficient (Wildman–Crippen LogP) is 1.08. The summed E-state index contributed by atoms with van der Waals surface area (Å²) in [6.07, 6.45) is 3.15. The van der Waals surface area contributed by atoms with Gasteiger partial charge in [0.2, 0.25) is 17.7 Å². The fraction of sp³-hybridized carbons (Fsp3) is 0.792. The summed E-state index contributed by atoms with van der Waals surface area (Å²) in [5.41, 5.74) is -0.537. The summed E-state index contributed by atoms with van der Waals surface area (Å²) in [5, 5.41) is 6.21. The highest BCUT2D eigenvalue weighted by atomic mass is 35.5. The van der Waals surface area contributed by atoms with Crippen LogP contribution in [0.15, 0.2) is 0 Å². The van der Waals surface area contributed by atoms with E-state index in [4.69, 9.17) is 11.6 Å². The summed E-state index contributed by atoms with van der Waals surface area (Å²) in [5.74, 6) is -3.36. The van der Waals surface area contributed by atoms with Crippen molar-refractivity contribution in [2.45, 2.75) is 77.5 Å². The number of hydrazine groups is 1. The van der Waals surface area contributed by atoms with Crippen LogP contribution < -0.4 is 16.1 Å². The van der Waals surface area contributed by atoms with Gasteiger partial charge in [0.25, 0.3) is 17.4 Å². The maximum Gasteiger partial charge on any atom is 0.291 e. The minimum absolute atomic E-state index is 0.110. The molecule has 12 heteroatoms. The highest BCUT2D eigenvalue weighted by molar-refractivity contribution is 6.29. The maximum atomic E-state index is 13.8. The van der Waals surface area contributed by atoms with Crippen LogP contribution in [0.1, 0.15) is 59.8 Å². The fourth-order valence-electron chi connectivity index (χ4n) is 5.49. The molecule has 3 rings (SSSR count). The second kappa shape index (κ2) is 11.3. The Morgan fingerprint density at radius 3 is 2.47 bits per heavy atom. The second-order valence-corrected chi connectivity index (χ2v) is 11.4. The molecule has 5 amide bonds. The largest absolute Gasteiger partial charge is 0.356 e. The van der Waals surface area contributed by atoms with Crippen molar-refractivity contribution in [1.82, 2.24) is 26.0 Å². The Labute approximate surface area is 216 Å².